The quantitative estimate of drug-likeness (QED) is 0.632. The van der Waals surface area contributed by atoms with Gasteiger partial charge in [0, 0.05) is 12.1 Å². The van der Waals surface area contributed by atoms with E-state index >= 15 is 0 Å². The zero-order chi connectivity index (χ0) is 16.3. The van der Waals surface area contributed by atoms with Crippen LogP contribution in [0.5, 0.6) is 0 Å². The number of nitrogens with zero attached hydrogens (tertiary/aromatic N) is 1. The third-order valence-electron chi connectivity index (χ3n) is 3.90. The van der Waals surface area contributed by atoms with Crippen molar-refractivity contribution in [3.05, 3.63) is 34.9 Å². The van der Waals surface area contributed by atoms with Gasteiger partial charge in [-0.25, -0.2) is 0 Å². The average molecular weight is 303 g/mol. The maximum Gasteiger partial charge on any atom is 0.316 e. The number of Topliss-reactive ketones (excluding diaryl/α,β-unsaturated/α-hetero) is 1. The number of esters is 1. The fraction of sp³-hybridized carbons (Fsp3) is 0.471. The van der Waals surface area contributed by atoms with Crippen LogP contribution < -0.4 is 0 Å². The second-order valence-electron chi connectivity index (χ2n) is 5.60. The normalized spacial score (nSPS) is 18.2. The first-order chi connectivity index (χ1) is 10.4. The number of benzene rings is 1. The van der Waals surface area contributed by atoms with E-state index < -0.39 is 11.9 Å². The van der Waals surface area contributed by atoms with Crippen LogP contribution in [0, 0.1) is 19.8 Å². The maximum absolute atomic E-state index is 12.6. The van der Waals surface area contributed by atoms with Gasteiger partial charge in [0.15, 0.2) is 5.78 Å². The molecule has 1 fully saturated rings. The molecule has 1 unspecified atom stereocenters. The van der Waals surface area contributed by atoms with E-state index in [9.17, 15) is 14.4 Å². The summed E-state index contributed by atoms with van der Waals surface area (Å²) in [6.45, 7) is 6.13. The Hall–Kier alpha value is -2.17. The largest absolute Gasteiger partial charge is 0.465 e. The molecule has 5 heteroatoms. The summed E-state index contributed by atoms with van der Waals surface area (Å²) in [5, 5.41) is 0. The second-order valence-corrected chi connectivity index (χ2v) is 5.60. The summed E-state index contributed by atoms with van der Waals surface area (Å²) in [7, 11) is 0. The van der Waals surface area contributed by atoms with Crippen molar-refractivity contribution in [2.24, 2.45) is 5.92 Å². The molecule has 0 saturated carbocycles. The molecule has 0 aromatic heterocycles. The molecule has 118 valence electrons. The molecule has 5 nitrogen and oxygen atoms in total. The number of ether oxygens (including phenoxy) is 1. The van der Waals surface area contributed by atoms with Gasteiger partial charge in [-0.1, -0.05) is 17.7 Å². The smallest absolute Gasteiger partial charge is 0.316 e. The number of piperidine rings is 1. The predicted octanol–water partition coefficient (Wildman–Crippen LogP) is 1.90. The van der Waals surface area contributed by atoms with E-state index in [0.717, 1.165) is 11.1 Å². The van der Waals surface area contributed by atoms with Crippen LogP contribution in [0.15, 0.2) is 18.2 Å². The highest BCUT2D eigenvalue weighted by Crippen LogP contribution is 2.20. The van der Waals surface area contributed by atoms with Crippen molar-refractivity contribution in [2.75, 3.05) is 19.7 Å². The molecule has 0 radical (unpaired) electrons. The number of ketones is 1. The molecule has 0 bridgehead atoms. The first kappa shape index (κ1) is 16.2. The summed E-state index contributed by atoms with van der Waals surface area (Å²) in [5.41, 5.74) is 2.50. The van der Waals surface area contributed by atoms with E-state index in [1.54, 1.807) is 6.92 Å². The van der Waals surface area contributed by atoms with E-state index in [-0.39, 0.29) is 24.8 Å². The van der Waals surface area contributed by atoms with Gasteiger partial charge >= 0.3 is 5.97 Å². The second kappa shape index (κ2) is 6.73. The van der Waals surface area contributed by atoms with Crippen molar-refractivity contribution in [3.8, 4) is 0 Å². The molecule has 1 heterocycles. The van der Waals surface area contributed by atoms with Gasteiger partial charge in [-0.2, -0.15) is 0 Å². The number of carbonyl (C=O) groups excluding carboxylic acids is 3. The SMILES string of the molecule is CCOC(=O)C1CCN(C(=O)c2cc(C)ccc2C)CC1=O. The molecule has 1 atom stereocenters. The molecule has 1 aliphatic heterocycles. The van der Waals surface area contributed by atoms with E-state index in [4.69, 9.17) is 4.74 Å². The number of amides is 1. The monoisotopic (exact) mass is 303 g/mol. The summed E-state index contributed by atoms with van der Waals surface area (Å²) >= 11 is 0. The molecular weight excluding hydrogens is 282 g/mol. The van der Waals surface area contributed by atoms with Gasteiger partial charge in [0.25, 0.3) is 5.91 Å². The number of rotatable bonds is 3. The molecule has 1 aromatic carbocycles. The number of hydrogen-bond donors (Lipinski definition) is 0. The molecule has 1 amide bonds. The third kappa shape index (κ3) is 3.35. The van der Waals surface area contributed by atoms with Crippen LogP contribution in [0.4, 0.5) is 0 Å². The highest BCUT2D eigenvalue weighted by atomic mass is 16.5. The zero-order valence-corrected chi connectivity index (χ0v) is 13.2. The van der Waals surface area contributed by atoms with Gasteiger partial charge in [0.2, 0.25) is 0 Å². The van der Waals surface area contributed by atoms with Crippen molar-refractivity contribution in [1.82, 2.24) is 4.90 Å². The van der Waals surface area contributed by atoms with Crippen molar-refractivity contribution < 1.29 is 19.1 Å². The van der Waals surface area contributed by atoms with Gasteiger partial charge in [-0.05, 0) is 38.8 Å². The van der Waals surface area contributed by atoms with Crippen LogP contribution in [-0.4, -0.2) is 42.3 Å². The highest BCUT2D eigenvalue weighted by Gasteiger charge is 2.35. The van der Waals surface area contributed by atoms with Gasteiger partial charge in [-0.15, -0.1) is 0 Å². The fourth-order valence-electron chi connectivity index (χ4n) is 2.63. The minimum atomic E-state index is -0.734. The summed E-state index contributed by atoms with van der Waals surface area (Å²) in [4.78, 5) is 37.9. The number of aryl methyl sites for hydroxylation is 2. The lowest BCUT2D eigenvalue weighted by Gasteiger charge is -2.30. The van der Waals surface area contributed by atoms with Crippen LogP contribution >= 0.6 is 0 Å². The van der Waals surface area contributed by atoms with Gasteiger partial charge in [-0.3, -0.25) is 14.4 Å². The Bertz CT molecular complexity index is 609. The van der Waals surface area contributed by atoms with E-state index in [2.05, 4.69) is 0 Å². The topological polar surface area (TPSA) is 63.7 Å². The van der Waals surface area contributed by atoms with Gasteiger partial charge in [0.1, 0.15) is 5.92 Å². The molecule has 0 spiro atoms. The molecule has 22 heavy (non-hydrogen) atoms. The minimum Gasteiger partial charge on any atom is -0.465 e. The molecule has 1 saturated heterocycles. The van der Waals surface area contributed by atoms with Crippen LogP contribution in [-0.2, 0) is 14.3 Å². The lowest BCUT2D eigenvalue weighted by molar-refractivity contribution is -0.153. The lowest BCUT2D eigenvalue weighted by Crippen LogP contribution is -2.46. The summed E-state index contributed by atoms with van der Waals surface area (Å²) in [5.74, 6) is -1.62. The number of likely N-dealkylation sites (tertiary alicyclic amines) is 1. The summed E-state index contributed by atoms with van der Waals surface area (Å²) in [6, 6.07) is 5.68. The van der Waals surface area contributed by atoms with Gasteiger partial charge < -0.3 is 9.64 Å². The lowest BCUT2D eigenvalue weighted by atomic mass is 9.94. The Morgan fingerprint density at radius 3 is 2.68 bits per heavy atom. The number of hydrogen-bond acceptors (Lipinski definition) is 4. The Labute approximate surface area is 130 Å². The van der Waals surface area contributed by atoms with Crippen LogP contribution in [0.1, 0.15) is 34.8 Å². The van der Waals surface area contributed by atoms with E-state index in [1.807, 2.05) is 32.0 Å². The van der Waals surface area contributed by atoms with E-state index in [1.165, 1.54) is 4.90 Å². The van der Waals surface area contributed by atoms with Crippen LogP contribution in [0.2, 0.25) is 0 Å². The Morgan fingerprint density at radius 2 is 2.05 bits per heavy atom. The first-order valence-electron chi connectivity index (χ1n) is 7.50. The molecular formula is C17H21NO4. The standard InChI is InChI=1S/C17H21NO4/c1-4-22-17(21)13-7-8-18(10-15(13)19)16(20)14-9-11(2)5-6-12(14)3/h5-6,9,13H,4,7-8,10H2,1-3H3. The molecule has 0 N–H and O–H groups in total. The number of carbonyl (C=O) groups is 3. The minimum absolute atomic E-state index is 0.0320. The molecule has 0 aliphatic carbocycles. The van der Waals surface area contributed by atoms with Crippen LogP contribution in [0.3, 0.4) is 0 Å². The van der Waals surface area contributed by atoms with Crippen LogP contribution in [0.25, 0.3) is 0 Å². The van der Waals surface area contributed by atoms with Crippen molar-refractivity contribution in [3.63, 3.8) is 0 Å². The molecule has 1 aromatic rings. The first-order valence-corrected chi connectivity index (χ1v) is 7.50. The van der Waals surface area contributed by atoms with Crippen molar-refractivity contribution >= 4 is 17.7 Å². The Morgan fingerprint density at radius 1 is 1.32 bits per heavy atom. The Kier molecular flexibility index (Phi) is 4.96. The maximum atomic E-state index is 12.6. The molecule has 1 aliphatic rings. The van der Waals surface area contributed by atoms with Crippen molar-refractivity contribution in [2.45, 2.75) is 27.2 Å². The Balaban J connectivity index is 2.10. The zero-order valence-electron chi connectivity index (χ0n) is 13.2. The predicted molar refractivity (Wildman–Crippen MR) is 81.6 cm³/mol. The van der Waals surface area contributed by atoms with Gasteiger partial charge in [0.05, 0.1) is 13.2 Å². The van der Waals surface area contributed by atoms with Crippen molar-refractivity contribution in [1.29, 1.82) is 0 Å². The molecule has 2 rings (SSSR count). The highest BCUT2D eigenvalue weighted by molar-refractivity contribution is 6.04. The van der Waals surface area contributed by atoms with E-state index in [0.29, 0.717) is 18.5 Å². The third-order valence-corrected chi connectivity index (χ3v) is 3.90. The fourth-order valence-corrected chi connectivity index (χ4v) is 2.63. The average Bonchev–Trinajstić information content (AvgIpc) is 2.49. The summed E-state index contributed by atoms with van der Waals surface area (Å²) in [6.07, 6.45) is 0.328. The summed E-state index contributed by atoms with van der Waals surface area (Å²) < 4.78 is 4.90.